The number of carbonyl (C=O) groups is 2. The van der Waals surface area contributed by atoms with Crippen LogP contribution in [-0.2, 0) is 26.7 Å². The number of aryl methyl sites for hydroxylation is 2. The Balaban J connectivity index is 0.000000299. The highest BCUT2D eigenvalue weighted by atomic mass is 32.2. The third-order valence-corrected chi connectivity index (χ3v) is 9.02. The molecule has 0 aromatic heterocycles. The number of amides is 1. The van der Waals surface area contributed by atoms with Crippen LogP contribution in [-0.4, -0.2) is 61.5 Å². The SMILES string of the molecule is CCc1cccc(C(F)(C(F)(F)F)C(F)(F)F)c1.Cc1ccc(C(=O)N2CCC(S(=O)(=O)c3ccc(F)cc3)C2)cc1.O=CO. The van der Waals surface area contributed by atoms with Crippen LogP contribution < -0.4 is 0 Å². The minimum atomic E-state index is -6.06. The molecule has 0 bridgehead atoms. The predicted octanol–water partition coefficient (Wildman–Crippen LogP) is 7.06. The molecule has 3 aromatic carbocycles. The highest BCUT2D eigenvalue weighted by molar-refractivity contribution is 7.92. The van der Waals surface area contributed by atoms with E-state index in [0.717, 1.165) is 23.8 Å². The molecule has 45 heavy (non-hydrogen) atoms. The van der Waals surface area contributed by atoms with E-state index in [4.69, 9.17) is 9.90 Å². The highest BCUT2D eigenvalue weighted by Gasteiger charge is 2.73. The van der Waals surface area contributed by atoms with Crippen LogP contribution in [0.3, 0.4) is 0 Å². The van der Waals surface area contributed by atoms with Gasteiger partial charge in [-0.1, -0.05) is 48.9 Å². The molecule has 0 spiro atoms. The van der Waals surface area contributed by atoms with E-state index in [1.165, 1.54) is 18.2 Å². The molecule has 1 amide bonds. The van der Waals surface area contributed by atoms with Crippen LogP contribution in [0.2, 0.25) is 0 Å². The molecular weight excluding hydrogens is 638 g/mol. The normalized spacial score (nSPS) is 15.3. The van der Waals surface area contributed by atoms with Crippen molar-refractivity contribution in [3.63, 3.8) is 0 Å². The first kappa shape index (κ1) is 37.2. The van der Waals surface area contributed by atoms with Crippen LogP contribution in [0.1, 0.15) is 40.4 Å². The van der Waals surface area contributed by atoms with Crippen LogP contribution in [0, 0.1) is 12.7 Å². The smallest absolute Gasteiger partial charge is 0.435 e. The molecule has 0 aliphatic carbocycles. The van der Waals surface area contributed by atoms with Gasteiger partial charge in [-0.25, -0.2) is 17.2 Å². The molecule has 15 heteroatoms. The van der Waals surface area contributed by atoms with Crippen LogP contribution in [0.25, 0.3) is 0 Å². The standard InChI is InChI=1S/C18H18FNO3S.C11H9F7.CH2O2/c1-13-2-4-14(5-3-13)18(21)20-11-10-17(12-20)24(22,23)16-8-6-15(19)7-9-16;1-2-7-4-3-5-8(6-7)9(12,10(13,14)15)11(16,17)18;2-1-3/h2-9,17H,10-12H2,1H3;3-6H,2H2,1H3;1H,(H,2,3). The van der Waals surface area contributed by atoms with E-state index in [-0.39, 0.29) is 35.8 Å². The third-order valence-electron chi connectivity index (χ3n) is 6.83. The second-order valence-corrected chi connectivity index (χ2v) is 12.1. The minimum Gasteiger partial charge on any atom is -0.483 e. The molecule has 0 radical (unpaired) electrons. The number of likely N-dealkylation sites (tertiary alicyclic amines) is 1. The first-order valence-corrected chi connectivity index (χ1v) is 14.7. The van der Waals surface area contributed by atoms with E-state index < -0.39 is 44.5 Å². The van der Waals surface area contributed by atoms with Crippen LogP contribution in [0.4, 0.5) is 35.1 Å². The lowest BCUT2D eigenvalue weighted by Gasteiger charge is -2.30. The number of rotatable bonds is 5. The zero-order chi connectivity index (χ0) is 34.2. The fourth-order valence-corrected chi connectivity index (χ4v) is 6.05. The molecule has 3 aromatic rings. The number of benzene rings is 3. The molecule has 1 unspecified atom stereocenters. The fraction of sp³-hybridized carbons (Fsp3) is 0.333. The van der Waals surface area contributed by atoms with Crippen molar-refractivity contribution in [3.05, 3.63) is 101 Å². The van der Waals surface area contributed by atoms with E-state index in [2.05, 4.69) is 0 Å². The summed E-state index contributed by atoms with van der Waals surface area (Å²) in [5.74, 6) is -0.636. The number of sulfone groups is 1. The molecule has 6 nitrogen and oxygen atoms in total. The van der Waals surface area contributed by atoms with E-state index >= 15 is 0 Å². The van der Waals surface area contributed by atoms with Gasteiger partial charge in [0.05, 0.1) is 10.1 Å². The summed E-state index contributed by atoms with van der Waals surface area (Å²) >= 11 is 0. The Labute approximate surface area is 254 Å². The van der Waals surface area contributed by atoms with Gasteiger partial charge >= 0.3 is 18.0 Å². The first-order valence-electron chi connectivity index (χ1n) is 13.2. The number of nitrogens with zero attached hydrogens (tertiary/aromatic N) is 1. The first-order chi connectivity index (χ1) is 20.8. The quantitative estimate of drug-likeness (QED) is 0.179. The summed E-state index contributed by atoms with van der Waals surface area (Å²) in [6.45, 7) is 3.79. The van der Waals surface area contributed by atoms with Crippen molar-refractivity contribution in [2.24, 2.45) is 0 Å². The lowest BCUT2D eigenvalue weighted by atomic mass is 9.92. The van der Waals surface area contributed by atoms with E-state index in [1.807, 2.05) is 19.1 Å². The summed E-state index contributed by atoms with van der Waals surface area (Å²) in [4.78, 5) is 22.5. The second-order valence-electron chi connectivity index (χ2n) is 9.84. The Hall–Kier alpha value is -4.01. The number of hydrogen-bond acceptors (Lipinski definition) is 4. The molecular formula is C30H29F8NO5S. The summed E-state index contributed by atoms with van der Waals surface area (Å²) in [6, 6.07) is 15.4. The summed E-state index contributed by atoms with van der Waals surface area (Å²) in [6.07, 6.45) is -11.5. The Morgan fingerprint density at radius 3 is 1.96 bits per heavy atom. The molecule has 1 atom stereocenters. The van der Waals surface area contributed by atoms with Crippen molar-refractivity contribution < 1.29 is 58.2 Å². The van der Waals surface area contributed by atoms with Gasteiger partial charge in [0, 0.05) is 24.2 Å². The van der Waals surface area contributed by atoms with Crippen LogP contribution in [0.5, 0.6) is 0 Å². The number of hydrogen-bond donors (Lipinski definition) is 1. The van der Waals surface area contributed by atoms with E-state index in [0.29, 0.717) is 30.7 Å². The van der Waals surface area contributed by atoms with Gasteiger partial charge < -0.3 is 10.0 Å². The monoisotopic (exact) mass is 667 g/mol. The molecule has 1 fully saturated rings. The fourth-order valence-electron chi connectivity index (χ4n) is 4.35. The lowest BCUT2D eigenvalue weighted by molar-refractivity contribution is -0.348. The van der Waals surface area contributed by atoms with Gasteiger partial charge in [0.2, 0.25) is 0 Å². The predicted molar refractivity (Wildman–Crippen MR) is 148 cm³/mol. The minimum absolute atomic E-state index is 0.0959. The summed E-state index contributed by atoms with van der Waals surface area (Å²) in [7, 11) is -3.57. The van der Waals surface area contributed by atoms with Gasteiger partial charge in [-0.05, 0) is 61.7 Å². The van der Waals surface area contributed by atoms with E-state index in [9.17, 15) is 48.3 Å². The summed E-state index contributed by atoms with van der Waals surface area (Å²) in [5, 5.41) is 6.23. The Bertz CT molecular complexity index is 1530. The lowest BCUT2D eigenvalue weighted by Crippen LogP contribution is -2.50. The summed E-state index contributed by atoms with van der Waals surface area (Å²) in [5.41, 5.74) is -4.97. The maximum atomic E-state index is 13.6. The van der Waals surface area contributed by atoms with Gasteiger partial charge in [0.15, 0.2) is 9.84 Å². The Morgan fingerprint density at radius 1 is 0.933 bits per heavy atom. The number of alkyl halides is 7. The number of carbonyl (C=O) groups excluding carboxylic acids is 1. The van der Waals surface area contributed by atoms with Gasteiger partial charge in [0.1, 0.15) is 5.82 Å². The summed E-state index contributed by atoms with van der Waals surface area (Å²) < 4.78 is 126. The third kappa shape index (κ3) is 8.80. The van der Waals surface area contributed by atoms with Gasteiger partial charge in [-0.3, -0.25) is 9.59 Å². The maximum absolute atomic E-state index is 13.6. The van der Waals surface area contributed by atoms with Gasteiger partial charge in [0.25, 0.3) is 12.4 Å². The van der Waals surface area contributed by atoms with Gasteiger partial charge in [-0.2, -0.15) is 26.3 Å². The zero-order valence-electron chi connectivity index (χ0n) is 23.9. The Morgan fingerprint density at radius 2 is 1.47 bits per heavy atom. The molecule has 1 N–H and O–H groups in total. The number of carboxylic acid groups (broad SMARTS) is 1. The average molecular weight is 668 g/mol. The molecule has 0 saturated carbocycles. The molecule has 1 saturated heterocycles. The van der Waals surface area contributed by atoms with Crippen molar-refractivity contribution >= 4 is 22.2 Å². The molecule has 1 aliphatic heterocycles. The number of halogens is 8. The van der Waals surface area contributed by atoms with E-state index in [1.54, 1.807) is 24.0 Å². The highest BCUT2D eigenvalue weighted by Crippen LogP contribution is 2.53. The molecule has 1 heterocycles. The van der Waals surface area contributed by atoms with Crippen molar-refractivity contribution in [1.29, 1.82) is 0 Å². The maximum Gasteiger partial charge on any atom is 0.435 e. The van der Waals surface area contributed by atoms with Crippen molar-refractivity contribution in [2.45, 2.75) is 54.9 Å². The zero-order valence-corrected chi connectivity index (χ0v) is 24.7. The topological polar surface area (TPSA) is 91.8 Å². The van der Waals surface area contributed by atoms with Gasteiger partial charge in [-0.15, -0.1) is 0 Å². The largest absolute Gasteiger partial charge is 0.483 e. The van der Waals surface area contributed by atoms with Crippen molar-refractivity contribution in [3.8, 4) is 0 Å². The second kappa shape index (κ2) is 14.8. The molecule has 246 valence electrons. The van der Waals surface area contributed by atoms with Crippen molar-refractivity contribution in [2.75, 3.05) is 13.1 Å². The van der Waals surface area contributed by atoms with Crippen LogP contribution in [0.15, 0.2) is 77.7 Å². The van der Waals surface area contributed by atoms with Crippen molar-refractivity contribution in [1.82, 2.24) is 4.90 Å². The average Bonchev–Trinajstić information content (AvgIpc) is 3.48. The Kier molecular flexibility index (Phi) is 12.3. The molecule has 1 aliphatic rings. The van der Waals surface area contributed by atoms with Crippen LogP contribution >= 0.6 is 0 Å². The molecule has 4 rings (SSSR count).